The van der Waals surface area contributed by atoms with Crippen LogP contribution in [0, 0.1) is 6.92 Å². The van der Waals surface area contributed by atoms with E-state index in [4.69, 9.17) is 16.3 Å². The number of aryl methyl sites for hydroxylation is 1. The van der Waals surface area contributed by atoms with Crippen molar-refractivity contribution in [3.05, 3.63) is 93.2 Å². The highest BCUT2D eigenvalue weighted by Gasteiger charge is 2.12. The molecule has 0 saturated carbocycles. The normalized spacial score (nSPS) is 10.9. The van der Waals surface area contributed by atoms with Gasteiger partial charge in [-0.05, 0) is 48.4 Å². The lowest BCUT2D eigenvalue weighted by Gasteiger charge is -2.13. The van der Waals surface area contributed by atoms with Crippen molar-refractivity contribution in [2.24, 2.45) is 0 Å². The van der Waals surface area contributed by atoms with Gasteiger partial charge < -0.3 is 9.72 Å². The van der Waals surface area contributed by atoms with Crippen LogP contribution in [0.4, 0.5) is 0 Å². The Labute approximate surface area is 161 Å². The number of aromatic amines is 1. The van der Waals surface area contributed by atoms with Crippen molar-refractivity contribution in [1.82, 2.24) is 9.97 Å². The number of benzene rings is 3. The molecule has 134 valence electrons. The molecule has 0 radical (unpaired) electrons. The Balaban J connectivity index is 1.76. The van der Waals surface area contributed by atoms with E-state index in [0.29, 0.717) is 39.7 Å². The zero-order valence-electron chi connectivity index (χ0n) is 14.7. The highest BCUT2D eigenvalue weighted by atomic mass is 35.5. The summed E-state index contributed by atoms with van der Waals surface area (Å²) in [6.07, 6.45) is 0. The second-order valence-electron chi connectivity index (χ2n) is 6.29. The van der Waals surface area contributed by atoms with Crippen molar-refractivity contribution in [3.63, 3.8) is 0 Å². The van der Waals surface area contributed by atoms with Crippen LogP contribution in [0.25, 0.3) is 22.3 Å². The van der Waals surface area contributed by atoms with E-state index in [9.17, 15) is 4.79 Å². The molecule has 0 unspecified atom stereocenters. The Bertz CT molecular complexity index is 1180. The van der Waals surface area contributed by atoms with E-state index in [-0.39, 0.29) is 5.56 Å². The summed E-state index contributed by atoms with van der Waals surface area (Å²) in [5.41, 5.74) is 3.34. The molecule has 4 rings (SSSR count). The van der Waals surface area contributed by atoms with Gasteiger partial charge in [-0.1, -0.05) is 48.0 Å². The number of hydrogen-bond acceptors (Lipinski definition) is 3. The number of hydrogen-bond donors (Lipinski definition) is 1. The van der Waals surface area contributed by atoms with Crippen molar-refractivity contribution in [1.29, 1.82) is 0 Å². The molecule has 5 heteroatoms. The molecule has 1 heterocycles. The summed E-state index contributed by atoms with van der Waals surface area (Å²) in [7, 11) is 0. The lowest BCUT2D eigenvalue weighted by Crippen LogP contribution is -2.10. The number of H-pyrrole nitrogens is 1. The second-order valence-corrected chi connectivity index (χ2v) is 6.72. The zero-order chi connectivity index (χ0) is 18.8. The number of rotatable bonds is 4. The molecule has 0 aliphatic heterocycles. The van der Waals surface area contributed by atoms with Gasteiger partial charge in [0.1, 0.15) is 18.2 Å². The number of nitrogens with one attached hydrogen (secondary N) is 1. The monoisotopic (exact) mass is 376 g/mol. The van der Waals surface area contributed by atoms with Crippen molar-refractivity contribution in [2.45, 2.75) is 13.5 Å². The van der Waals surface area contributed by atoms with Gasteiger partial charge in [-0.3, -0.25) is 4.79 Å². The summed E-state index contributed by atoms with van der Waals surface area (Å²) in [6, 6.07) is 20.6. The first-order valence-electron chi connectivity index (χ1n) is 8.58. The van der Waals surface area contributed by atoms with Crippen molar-refractivity contribution < 1.29 is 4.74 Å². The molecular weight excluding hydrogens is 360 g/mol. The molecular formula is C22H17ClN2O2. The third kappa shape index (κ3) is 3.57. The Morgan fingerprint density at radius 1 is 1.04 bits per heavy atom. The third-order valence-corrected chi connectivity index (χ3v) is 4.69. The van der Waals surface area contributed by atoms with E-state index in [0.717, 1.165) is 11.1 Å². The Morgan fingerprint density at radius 2 is 1.81 bits per heavy atom. The van der Waals surface area contributed by atoms with Crippen LogP contribution in [0.3, 0.4) is 0 Å². The summed E-state index contributed by atoms with van der Waals surface area (Å²) in [5, 5.41) is 1.09. The van der Waals surface area contributed by atoms with Gasteiger partial charge in [-0.2, -0.15) is 0 Å². The van der Waals surface area contributed by atoms with E-state index in [1.807, 2.05) is 49.4 Å². The summed E-state index contributed by atoms with van der Waals surface area (Å²) >= 11 is 6.19. The maximum Gasteiger partial charge on any atom is 0.259 e. The van der Waals surface area contributed by atoms with E-state index in [1.165, 1.54) is 0 Å². The maximum atomic E-state index is 12.4. The van der Waals surface area contributed by atoms with Crippen LogP contribution < -0.4 is 10.3 Å². The zero-order valence-corrected chi connectivity index (χ0v) is 15.5. The van der Waals surface area contributed by atoms with E-state index >= 15 is 0 Å². The number of fused-ring (bicyclic) bond motifs is 1. The number of halogens is 1. The van der Waals surface area contributed by atoms with E-state index < -0.39 is 0 Å². The first-order chi connectivity index (χ1) is 13.1. The van der Waals surface area contributed by atoms with Crippen molar-refractivity contribution in [2.75, 3.05) is 0 Å². The summed E-state index contributed by atoms with van der Waals surface area (Å²) in [4.78, 5) is 19.8. The van der Waals surface area contributed by atoms with Crippen LogP contribution in [0.2, 0.25) is 5.02 Å². The summed E-state index contributed by atoms with van der Waals surface area (Å²) < 4.78 is 6.04. The molecule has 0 aliphatic rings. The number of nitrogens with zero attached hydrogens (tertiary/aromatic N) is 1. The fourth-order valence-electron chi connectivity index (χ4n) is 2.95. The fraction of sp³-hybridized carbons (Fsp3) is 0.0909. The molecule has 3 aromatic carbocycles. The quantitative estimate of drug-likeness (QED) is 0.537. The van der Waals surface area contributed by atoms with Crippen molar-refractivity contribution >= 4 is 22.5 Å². The highest BCUT2D eigenvalue weighted by Crippen LogP contribution is 2.31. The van der Waals surface area contributed by atoms with Crippen LogP contribution in [0.5, 0.6) is 5.75 Å². The second kappa shape index (κ2) is 7.25. The first-order valence-corrected chi connectivity index (χ1v) is 8.96. The molecule has 4 aromatic rings. The van der Waals surface area contributed by atoms with Crippen LogP contribution in [0.15, 0.2) is 71.5 Å². The lowest BCUT2D eigenvalue weighted by atomic mass is 10.1. The standard InChI is InChI=1S/C22H17ClN2O2/c1-14-6-2-3-7-15(14)13-27-20-11-10-16(23)12-18(20)21-24-19-9-5-4-8-17(19)22(26)25-21/h2-12H,13H2,1H3,(H,24,25,26). The number of para-hydroxylation sites is 1. The Kier molecular flexibility index (Phi) is 4.65. The van der Waals surface area contributed by atoms with Crippen LogP contribution in [0.1, 0.15) is 11.1 Å². The maximum absolute atomic E-state index is 12.4. The van der Waals surface area contributed by atoms with Gasteiger partial charge in [0.25, 0.3) is 5.56 Å². The molecule has 0 aliphatic carbocycles. The minimum Gasteiger partial charge on any atom is -0.488 e. The smallest absolute Gasteiger partial charge is 0.259 e. The predicted octanol–water partition coefficient (Wildman–Crippen LogP) is 5.13. The van der Waals surface area contributed by atoms with Gasteiger partial charge >= 0.3 is 0 Å². The Hall–Kier alpha value is -3.11. The number of ether oxygens (including phenoxy) is 1. The van der Waals surface area contributed by atoms with Crippen LogP contribution in [-0.2, 0) is 6.61 Å². The molecule has 0 saturated heterocycles. The minimum absolute atomic E-state index is 0.194. The van der Waals surface area contributed by atoms with Gasteiger partial charge in [-0.25, -0.2) is 4.98 Å². The molecule has 1 N–H and O–H groups in total. The largest absolute Gasteiger partial charge is 0.488 e. The van der Waals surface area contributed by atoms with Gasteiger partial charge in [0, 0.05) is 5.02 Å². The molecule has 0 fully saturated rings. The topological polar surface area (TPSA) is 55.0 Å². The van der Waals surface area contributed by atoms with Crippen molar-refractivity contribution in [3.8, 4) is 17.1 Å². The van der Waals surface area contributed by atoms with Gasteiger partial charge in [0.05, 0.1) is 16.5 Å². The molecule has 1 aromatic heterocycles. The van der Waals surface area contributed by atoms with E-state index in [1.54, 1.807) is 24.3 Å². The molecule has 0 atom stereocenters. The molecule has 0 bridgehead atoms. The summed E-state index contributed by atoms with van der Waals surface area (Å²) in [5.74, 6) is 1.04. The van der Waals surface area contributed by atoms with Gasteiger partial charge in [0.2, 0.25) is 0 Å². The van der Waals surface area contributed by atoms with Gasteiger partial charge in [-0.15, -0.1) is 0 Å². The number of aromatic nitrogens is 2. The molecule has 4 nitrogen and oxygen atoms in total. The molecule has 0 amide bonds. The fourth-order valence-corrected chi connectivity index (χ4v) is 3.13. The van der Waals surface area contributed by atoms with Crippen LogP contribution >= 0.6 is 11.6 Å². The SMILES string of the molecule is Cc1ccccc1COc1ccc(Cl)cc1-c1nc2ccccc2c(=O)[nH]1. The Morgan fingerprint density at radius 3 is 2.67 bits per heavy atom. The third-order valence-electron chi connectivity index (χ3n) is 4.45. The lowest BCUT2D eigenvalue weighted by molar-refractivity contribution is 0.306. The van der Waals surface area contributed by atoms with E-state index in [2.05, 4.69) is 9.97 Å². The molecule has 0 spiro atoms. The highest BCUT2D eigenvalue weighted by molar-refractivity contribution is 6.30. The first kappa shape index (κ1) is 17.3. The van der Waals surface area contributed by atoms with Crippen LogP contribution in [-0.4, -0.2) is 9.97 Å². The van der Waals surface area contributed by atoms with Gasteiger partial charge in [0.15, 0.2) is 0 Å². The predicted molar refractivity (Wildman–Crippen MR) is 108 cm³/mol. The minimum atomic E-state index is -0.194. The molecule has 27 heavy (non-hydrogen) atoms. The average molecular weight is 377 g/mol. The summed E-state index contributed by atoms with van der Waals surface area (Å²) in [6.45, 7) is 2.46. The average Bonchev–Trinajstić information content (AvgIpc) is 2.68.